The molecule has 1 aromatic heterocycles. The van der Waals surface area contributed by atoms with E-state index in [4.69, 9.17) is 10.5 Å². The number of likely N-dealkylation sites (N-methyl/N-ethyl adjacent to an activating group) is 1. The second kappa shape index (κ2) is 5.87. The van der Waals surface area contributed by atoms with Gasteiger partial charge in [0.05, 0.1) is 6.61 Å². The van der Waals surface area contributed by atoms with Gasteiger partial charge in [0.2, 0.25) is 0 Å². The molecule has 2 atom stereocenters. The summed E-state index contributed by atoms with van der Waals surface area (Å²) in [7, 11) is 2.14. The lowest BCUT2D eigenvalue weighted by Crippen LogP contribution is -2.39. The highest BCUT2D eigenvalue weighted by Gasteiger charge is 2.27. The third kappa shape index (κ3) is 2.42. The zero-order chi connectivity index (χ0) is 13.9. The quantitative estimate of drug-likeness (QED) is 0.923. The van der Waals surface area contributed by atoms with Crippen molar-refractivity contribution in [2.45, 2.75) is 18.5 Å². The normalized spacial score (nSPS) is 20.6. The van der Waals surface area contributed by atoms with E-state index in [9.17, 15) is 0 Å². The Kier molecular flexibility index (Phi) is 3.96. The Balaban J connectivity index is 1.98. The minimum absolute atomic E-state index is 0.181. The Morgan fingerprint density at radius 2 is 2.25 bits per heavy atom. The van der Waals surface area contributed by atoms with E-state index in [1.165, 1.54) is 16.3 Å². The predicted octanol–water partition coefficient (Wildman–Crippen LogP) is 1.96. The lowest BCUT2D eigenvalue weighted by molar-refractivity contribution is 0.135. The standard InChI is InChI=1S/C16H21N3O/c1-19(13-6-7-20-11-13)16(8-17)15-10-18-9-12-4-2-3-5-14(12)15/h2-5,9-10,13,16H,6-8,11,17H2,1H3. The van der Waals surface area contributed by atoms with Crippen LogP contribution < -0.4 is 5.73 Å². The zero-order valence-electron chi connectivity index (χ0n) is 11.8. The highest BCUT2D eigenvalue weighted by molar-refractivity contribution is 5.85. The Hall–Kier alpha value is -1.49. The average molecular weight is 271 g/mol. The van der Waals surface area contributed by atoms with Crippen molar-refractivity contribution in [2.24, 2.45) is 5.73 Å². The SMILES string of the molecule is CN(C1CCOC1)C(CN)c1cncc2ccccc12. The molecule has 1 saturated heterocycles. The van der Waals surface area contributed by atoms with Crippen LogP contribution in [0.3, 0.4) is 0 Å². The summed E-state index contributed by atoms with van der Waals surface area (Å²) < 4.78 is 5.50. The van der Waals surface area contributed by atoms with Gasteiger partial charge in [-0.05, 0) is 24.4 Å². The molecule has 106 valence electrons. The molecule has 2 N–H and O–H groups in total. The summed E-state index contributed by atoms with van der Waals surface area (Å²) in [6, 6.07) is 8.98. The lowest BCUT2D eigenvalue weighted by atomic mass is 9.99. The van der Waals surface area contributed by atoms with Gasteiger partial charge in [0.1, 0.15) is 0 Å². The van der Waals surface area contributed by atoms with Crippen LogP contribution in [0.15, 0.2) is 36.7 Å². The molecular weight excluding hydrogens is 250 g/mol. The highest BCUT2D eigenvalue weighted by atomic mass is 16.5. The molecule has 1 aliphatic rings. The number of fused-ring (bicyclic) bond motifs is 1. The van der Waals surface area contributed by atoms with Crippen molar-refractivity contribution in [2.75, 3.05) is 26.8 Å². The first-order valence-corrected chi connectivity index (χ1v) is 7.13. The molecule has 4 nitrogen and oxygen atoms in total. The minimum atomic E-state index is 0.181. The van der Waals surface area contributed by atoms with Gasteiger partial charge in [-0.3, -0.25) is 9.88 Å². The van der Waals surface area contributed by atoms with Crippen LogP contribution in [0.1, 0.15) is 18.0 Å². The number of hydrogen-bond acceptors (Lipinski definition) is 4. The second-order valence-electron chi connectivity index (χ2n) is 5.38. The molecular formula is C16H21N3O. The summed E-state index contributed by atoms with van der Waals surface area (Å²) in [6.07, 6.45) is 4.93. The number of nitrogens with zero attached hydrogens (tertiary/aromatic N) is 2. The number of hydrogen-bond donors (Lipinski definition) is 1. The summed E-state index contributed by atoms with van der Waals surface area (Å²) in [4.78, 5) is 6.72. The van der Waals surface area contributed by atoms with Gasteiger partial charge in [-0.1, -0.05) is 24.3 Å². The Bertz CT molecular complexity index is 575. The minimum Gasteiger partial charge on any atom is -0.380 e. The van der Waals surface area contributed by atoms with Crippen molar-refractivity contribution in [3.63, 3.8) is 0 Å². The van der Waals surface area contributed by atoms with Crippen LogP contribution >= 0.6 is 0 Å². The molecule has 4 heteroatoms. The Morgan fingerprint density at radius 3 is 3.00 bits per heavy atom. The fourth-order valence-corrected chi connectivity index (χ4v) is 3.02. The number of nitrogens with two attached hydrogens (primary N) is 1. The number of aromatic nitrogens is 1. The van der Waals surface area contributed by atoms with Crippen molar-refractivity contribution in [1.29, 1.82) is 0 Å². The maximum absolute atomic E-state index is 6.05. The molecule has 0 spiro atoms. The van der Waals surface area contributed by atoms with E-state index in [-0.39, 0.29) is 6.04 Å². The largest absolute Gasteiger partial charge is 0.380 e. The summed E-state index contributed by atoms with van der Waals surface area (Å²) >= 11 is 0. The molecule has 20 heavy (non-hydrogen) atoms. The first-order chi connectivity index (χ1) is 9.81. The molecule has 1 aromatic carbocycles. The zero-order valence-corrected chi connectivity index (χ0v) is 11.8. The molecule has 0 aliphatic carbocycles. The Morgan fingerprint density at radius 1 is 1.40 bits per heavy atom. The van der Waals surface area contributed by atoms with Crippen LogP contribution in [0.25, 0.3) is 10.8 Å². The van der Waals surface area contributed by atoms with Gasteiger partial charge in [-0.25, -0.2) is 0 Å². The van der Waals surface area contributed by atoms with E-state index in [1.807, 2.05) is 18.5 Å². The lowest BCUT2D eigenvalue weighted by Gasteiger charge is -2.32. The van der Waals surface area contributed by atoms with Crippen LogP contribution in [0.5, 0.6) is 0 Å². The van der Waals surface area contributed by atoms with Gasteiger partial charge >= 0.3 is 0 Å². The molecule has 0 amide bonds. The molecule has 2 unspecified atom stereocenters. The Labute approximate surface area is 119 Å². The van der Waals surface area contributed by atoms with Crippen molar-refractivity contribution in [1.82, 2.24) is 9.88 Å². The van der Waals surface area contributed by atoms with Gasteiger partial charge in [0, 0.05) is 43.0 Å². The second-order valence-corrected chi connectivity index (χ2v) is 5.38. The molecule has 3 rings (SSSR count). The van der Waals surface area contributed by atoms with Crippen molar-refractivity contribution in [3.05, 3.63) is 42.2 Å². The highest BCUT2D eigenvalue weighted by Crippen LogP contribution is 2.28. The molecule has 1 aliphatic heterocycles. The maximum atomic E-state index is 6.05. The third-order valence-electron chi connectivity index (χ3n) is 4.25. The van der Waals surface area contributed by atoms with Gasteiger partial charge in [0.25, 0.3) is 0 Å². The molecule has 1 fully saturated rings. The fraction of sp³-hybridized carbons (Fsp3) is 0.438. The van der Waals surface area contributed by atoms with E-state index < -0.39 is 0 Å². The maximum Gasteiger partial charge on any atom is 0.0622 e. The van der Waals surface area contributed by atoms with Gasteiger partial charge in [-0.2, -0.15) is 0 Å². The van der Waals surface area contributed by atoms with E-state index in [0.29, 0.717) is 12.6 Å². The van der Waals surface area contributed by atoms with E-state index in [2.05, 4.69) is 35.1 Å². The van der Waals surface area contributed by atoms with E-state index in [1.54, 1.807) is 0 Å². The van der Waals surface area contributed by atoms with E-state index >= 15 is 0 Å². The number of pyridine rings is 1. The molecule has 0 bridgehead atoms. The summed E-state index contributed by atoms with van der Waals surface area (Å²) in [5, 5.41) is 2.41. The van der Waals surface area contributed by atoms with Crippen molar-refractivity contribution >= 4 is 10.8 Å². The van der Waals surface area contributed by atoms with Crippen molar-refractivity contribution in [3.8, 4) is 0 Å². The van der Waals surface area contributed by atoms with Gasteiger partial charge in [-0.15, -0.1) is 0 Å². The smallest absolute Gasteiger partial charge is 0.0622 e. The third-order valence-corrected chi connectivity index (χ3v) is 4.25. The molecule has 2 aromatic rings. The number of ether oxygens (including phenoxy) is 1. The van der Waals surface area contributed by atoms with Crippen LogP contribution in [0.2, 0.25) is 0 Å². The first-order valence-electron chi connectivity index (χ1n) is 7.13. The first kappa shape index (κ1) is 13.5. The number of rotatable bonds is 4. The van der Waals surface area contributed by atoms with E-state index in [0.717, 1.165) is 19.6 Å². The van der Waals surface area contributed by atoms with Crippen molar-refractivity contribution < 1.29 is 4.74 Å². The topological polar surface area (TPSA) is 51.4 Å². The summed E-state index contributed by atoms with van der Waals surface area (Å²) in [6.45, 7) is 2.23. The van der Waals surface area contributed by atoms with Crippen LogP contribution in [0.4, 0.5) is 0 Å². The molecule has 2 heterocycles. The fourth-order valence-electron chi connectivity index (χ4n) is 3.02. The van der Waals surface area contributed by atoms with Gasteiger partial charge in [0.15, 0.2) is 0 Å². The van der Waals surface area contributed by atoms with Crippen LogP contribution in [-0.2, 0) is 4.74 Å². The molecule has 0 saturated carbocycles. The monoisotopic (exact) mass is 271 g/mol. The van der Waals surface area contributed by atoms with Crippen LogP contribution in [-0.4, -0.2) is 42.7 Å². The molecule has 0 radical (unpaired) electrons. The summed E-state index contributed by atoms with van der Waals surface area (Å²) in [5.74, 6) is 0. The summed E-state index contributed by atoms with van der Waals surface area (Å²) in [5.41, 5.74) is 7.26. The van der Waals surface area contributed by atoms with Crippen LogP contribution in [0, 0.1) is 0 Å². The predicted molar refractivity (Wildman–Crippen MR) is 80.5 cm³/mol. The van der Waals surface area contributed by atoms with Gasteiger partial charge < -0.3 is 10.5 Å². The average Bonchev–Trinajstić information content (AvgIpc) is 3.02. The number of benzene rings is 1.